The van der Waals surface area contributed by atoms with Gasteiger partial charge in [-0.25, -0.2) is 4.79 Å². The number of aromatic amines is 1. The fourth-order valence-corrected chi connectivity index (χ4v) is 4.09. The van der Waals surface area contributed by atoms with Crippen LogP contribution < -0.4 is 9.47 Å². The van der Waals surface area contributed by atoms with Crippen molar-refractivity contribution in [3.8, 4) is 17.6 Å². The second kappa shape index (κ2) is 9.65. The number of esters is 1. The fraction of sp³-hybridized carbons (Fsp3) is 0.320. The number of fused-ring (bicyclic) bond motifs is 3. The summed E-state index contributed by atoms with van der Waals surface area (Å²) in [5.41, 5.74) is 4.09. The van der Waals surface area contributed by atoms with E-state index in [1.165, 1.54) is 14.2 Å². The maximum atomic E-state index is 12.8. The van der Waals surface area contributed by atoms with E-state index in [4.69, 9.17) is 19.5 Å². The highest BCUT2D eigenvalue weighted by Gasteiger charge is 2.24. The first-order chi connectivity index (χ1) is 16.0. The zero-order valence-corrected chi connectivity index (χ0v) is 18.6. The van der Waals surface area contributed by atoms with Gasteiger partial charge in [-0.1, -0.05) is 0 Å². The van der Waals surface area contributed by atoms with Crippen molar-refractivity contribution in [2.45, 2.75) is 25.8 Å². The number of nitrogens with one attached hydrogen (secondary N) is 1. The maximum absolute atomic E-state index is 12.8. The molecular weight excluding hydrogens is 422 g/mol. The summed E-state index contributed by atoms with van der Waals surface area (Å²) in [4.78, 5) is 30.0. The number of ether oxygens (including phenoxy) is 3. The van der Waals surface area contributed by atoms with Crippen molar-refractivity contribution in [2.75, 3.05) is 27.4 Å². The highest BCUT2D eigenvalue weighted by atomic mass is 16.5. The molecular formula is C25H25N3O5. The van der Waals surface area contributed by atoms with Gasteiger partial charge in [-0.15, -0.1) is 0 Å². The summed E-state index contributed by atoms with van der Waals surface area (Å²) in [5, 5.41) is 9.94. The van der Waals surface area contributed by atoms with Gasteiger partial charge in [-0.3, -0.25) is 4.79 Å². The first-order valence-corrected chi connectivity index (χ1v) is 10.7. The number of rotatable bonds is 7. The zero-order valence-electron chi connectivity index (χ0n) is 18.6. The van der Waals surface area contributed by atoms with Crippen LogP contribution in [0.25, 0.3) is 10.9 Å². The minimum Gasteiger partial charge on any atom is -0.493 e. The molecule has 0 fully saturated rings. The van der Waals surface area contributed by atoms with E-state index in [2.05, 4.69) is 11.1 Å². The first-order valence-electron chi connectivity index (χ1n) is 10.7. The van der Waals surface area contributed by atoms with Crippen molar-refractivity contribution in [3.05, 3.63) is 58.8 Å². The Bertz CT molecular complexity index is 1240. The number of carbonyl (C=O) groups excluding carboxylic acids is 2. The molecule has 33 heavy (non-hydrogen) atoms. The van der Waals surface area contributed by atoms with Gasteiger partial charge in [0.15, 0.2) is 11.5 Å². The highest BCUT2D eigenvalue weighted by Crippen LogP contribution is 2.30. The van der Waals surface area contributed by atoms with E-state index in [9.17, 15) is 9.59 Å². The highest BCUT2D eigenvalue weighted by molar-refractivity contribution is 5.96. The molecule has 0 atom stereocenters. The van der Waals surface area contributed by atoms with Gasteiger partial charge in [0.25, 0.3) is 0 Å². The van der Waals surface area contributed by atoms with Gasteiger partial charge >= 0.3 is 5.97 Å². The Morgan fingerprint density at radius 2 is 2.00 bits per heavy atom. The lowest BCUT2D eigenvalue weighted by Gasteiger charge is -2.27. The fourth-order valence-electron chi connectivity index (χ4n) is 4.09. The molecule has 8 nitrogen and oxygen atoms in total. The van der Waals surface area contributed by atoms with Crippen LogP contribution in [0.15, 0.2) is 36.4 Å². The molecule has 2 heterocycles. The Morgan fingerprint density at radius 1 is 1.15 bits per heavy atom. The molecule has 0 spiro atoms. The van der Waals surface area contributed by atoms with Gasteiger partial charge in [0, 0.05) is 54.2 Å². The Hall–Kier alpha value is -3.99. The van der Waals surface area contributed by atoms with Gasteiger partial charge < -0.3 is 24.1 Å². The molecule has 1 aliphatic heterocycles. The number of hydrogen-bond donors (Lipinski definition) is 1. The van der Waals surface area contributed by atoms with Crippen molar-refractivity contribution < 1.29 is 23.8 Å². The molecule has 1 aromatic heterocycles. The smallest absolute Gasteiger partial charge is 0.337 e. The van der Waals surface area contributed by atoms with Crippen LogP contribution in [-0.4, -0.2) is 49.1 Å². The largest absolute Gasteiger partial charge is 0.493 e. The molecule has 0 saturated heterocycles. The second-order valence-corrected chi connectivity index (χ2v) is 7.83. The second-order valence-electron chi connectivity index (χ2n) is 7.83. The number of methoxy groups -OCH3 is 2. The number of carbonyl (C=O) groups is 2. The van der Waals surface area contributed by atoms with E-state index in [1.807, 2.05) is 17.0 Å². The molecule has 3 aromatic rings. The number of amides is 1. The summed E-state index contributed by atoms with van der Waals surface area (Å²) < 4.78 is 15.9. The Labute approximate surface area is 191 Å². The number of nitrogens with zero attached hydrogens (tertiary/aromatic N) is 2. The molecule has 0 aliphatic carbocycles. The average molecular weight is 447 g/mol. The summed E-state index contributed by atoms with van der Waals surface area (Å²) >= 11 is 0. The van der Waals surface area contributed by atoms with Crippen molar-refractivity contribution in [2.24, 2.45) is 0 Å². The van der Waals surface area contributed by atoms with Gasteiger partial charge in [0.05, 0.1) is 38.0 Å². The van der Waals surface area contributed by atoms with Crippen LogP contribution >= 0.6 is 0 Å². The monoisotopic (exact) mass is 447 g/mol. The lowest BCUT2D eigenvalue weighted by Crippen LogP contribution is -2.35. The summed E-state index contributed by atoms with van der Waals surface area (Å²) in [6.07, 6.45) is 1.66. The van der Waals surface area contributed by atoms with E-state index < -0.39 is 0 Å². The molecule has 0 unspecified atom stereocenters. The van der Waals surface area contributed by atoms with E-state index in [0.29, 0.717) is 55.2 Å². The van der Waals surface area contributed by atoms with Crippen molar-refractivity contribution >= 4 is 22.8 Å². The van der Waals surface area contributed by atoms with Gasteiger partial charge in [0.2, 0.25) is 5.91 Å². The number of benzene rings is 2. The van der Waals surface area contributed by atoms with Crippen molar-refractivity contribution in [1.82, 2.24) is 9.88 Å². The van der Waals surface area contributed by atoms with E-state index >= 15 is 0 Å². The molecule has 8 heteroatoms. The topological polar surface area (TPSA) is 105 Å². The maximum Gasteiger partial charge on any atom is 0.337 e. The van der Waals surface area contributed by atoms with Crippen LogP contribution in [-0.2, 0) is 22.5 Å². The van der Waals surface area contributed by atoms with Gasteiger partial charge in [0.1, 0.15) is 0 Å². The van der Waals surface area contributed by atoms with Crippen LogP contribution in [0.3, 0.4) is 0 Å². The van der Waals surface area contributed by atoms with Crippen molar-refractivity contribution in [1.29, 1.82) is 5.26 Å². The molecule has 0 bridgehead atoms. The molecule has 2 aromatic carbocycles. The minimum atomic E-state index is -0.380. The summed E-state index contributed by atoms with van der Waals surface area (Å²) in [6, 6.07) is 12.5. The molecule has 1 aliphatic rings. The van der Waals surface area contributed by atoms with E-state index in [-0.39, 0.29) is 11.9 Å². The third kappa shape index (κ3) is 4.62. The lowest BCUT2D eigenvalue weighted by atomic mass is 10.0. The molecule has 0 saturated carbocycles. The van der Waals surface area contributed by atoms with Crippen molar-refractivity contribution in [3.63, 3.8) is 0 Å². The van der Waals surface area contributed by atoms with E-state index in [0.717, 1.165) is 28.6 Å². The Kier molecular flexibility index (Phi) is 6.50. The van der Waals surface area contributed by atoms with E-state index in [1.54, 1.807) is 24.3 Å². The first kappa shape index (κ1) is 22.2. The normalized spacial score (nSPS) is 12.7. The molecule has 170 valence electrons. The summed E-state index contributed by atoms with van der Waals surface area (Å²) in [6.45, 7) is 1.51. The van der Waals surface area contributed by atoms with Gasteiger partial charge in [-0.2, -0.15) is 5.26 Å². The SMILES string of the molecule is COC(=O)c1ccc2[nH]c3c(c2c1)CN(C(=O)CCCOc1ccc(C#N)cc1OC)CC3. The van der Waals surface area contributed by atoms with Crippen LogP contribution in [0.4, 0.5) is 0 Å². The number of aromatic nitrogens is 1. The Balaban J connectivity index is 1.36. The average Bonchev–Trinajstić information content (AvgIpc) is 3.23. The van der Waals surface area contributed by atoms with Crippen LogP contribution in [0.5, 0.6) is 11.5 Å². The molecule has 0 radical (unpaired) electrons. The molecule has 1 amide bonds. The van der Waals surface area contributed by atoms with Crippen LogP contribution in [0, 0.1) is 11.3 Å². The number of H-pyrrole nitrogens is 1. The third-order valence-corrected chi connectivity index (χ3v) is 5.83. The van der Waals surface area contributed by atoms with Gasteiger partial charge in [-0.05, 0) is 36.8 Å². The summed E-state index contributed by atoms with van der Waals surface area (Å²) in [7, 11) is 2.89. The minimum absolute atomic E-state index is 0.0644. The predicted molar refractivity (Wildman–Crippen MR) is 121 cm³/mol. The van der Waals surface area contributed by atoms with Crippen LogP contribution in [0.2, 0.25) is 0 Å². The zero-order chi connectivity index (χ0) is 23.4. The number of hydrogen-bond acceptors (Lipinski definition) is 6. The number of nitriles is 1. The lowest BCUT2D eigenvalue weighted by molar-refractivity contribution is -0.132. The standard InChI is InChI=1S/C25H25N3O5/c1-31-23-12-16(14-26)5-8-22(23)33-11-3-4-24(29)28-10-9-21-19(15-28)18-13-17(25(30)32-2)6-7-20(18)27-21/h5-8,12-13,27H,3-4,9-11,15H2,1-2H3. The quantitative estimate of drug-likeness (QED) is 0.439. The Morgan fingerprint density at radius 3 is 2.76 bits per heavy atom. The predicted octanol–water partition coefficient (Wildman–Crippen LogP) is 3.58. The third-order valence-electron chi connectivity index (χ3n) is 5.83. The van der Waals surface area contributed by atoms with Crippen LogP contribution in [0.1, 0.15) is 40.0 Å². The summed E-state index contributed by atoms with van der Waals surface area (Å²) in [5.74, 6) is 0.727. The molecule has 4 rings (SSSR count). The molecule has 1 N–H and O–H groups in total.